The maximum absolute atomic E-state index is 13.7. The maximum atomic E-state index is 13.7. The molecule has 2 fully saturated rings. The number of pyridine rings is 1. The predicted molar refractivity (Wildman–Crippen MR) is 135 cm³/mol. The van der Waals surface area contributed by atoms with Crippen LogP contribution >= 0.6 is 0 Å². The Bertz CT molecular complexity index is 1080. The fraction of sp³-hybridized carbons (Fsp3) is 0.444. The second kappa shape index (κ2) is 11.5. The molecule has 3 heterocycles. The quantitative estimate of drug-likeness (QED) is 0.400. The summed E-state index contributed by atoms with van der Waals surface area (Å²) in [5.41, 5.74) is 0.815. The number of phenolic OH excluding ortho intramolecular Hbond substituents is 1. The van der Waals surface area contributed by atoms with E-state index in [2.05, 4.69) is 16.0 Å². The molecule has 0 saturated carbocycles. The monoisotopic (exact) mass is 494 g/mol. The summed E-state index contributed by atoms with van der Waals surface area (Å²) in [7, 11) is 3.16. The van der Waals surface area contributed by atoms with Crippen molar-refractivity contribution >= 4 is 18.0 Å². The number of benzene rings is 1. The number of ether oxygens (including phenoxy) is 2. The summed E-state index contributed by atoms with van der Waals surface area (Å²) < 4.78 is 10.4. The zero-order valence-electron chi connectivity index (χ0n) is 20.9. The predicted octanol–water partition coefficient (Wildman–Crippen LogP) is 3.14. The Morgan fingerprint density at radius 1 is 1.14 bits per heavy atom. The van der Waals surface area contributed by atoms with Crippen LogP contribution in [0.1, 0.15) is 30.5 Å². The van der Waals surface area contributed by atoms with Crippen LogP contribution in [0.2, 0.25) is 0 Å². The molecule has 9 heteroatoms. The minimum Gasteiger partial charge on any atom is -0.504 e. The fourth-order valence-corrected chi connectivity index (χ4v) is 4.98. The third kappa shape index (κ3) is 5.37. The summed E-state index contributed by atoms with van der Waals surface area (Å²) in [6, 6.07) is 10.5. The molecular formula is C27H34N4O5. The maximum Gasteiger partial charge on any atom is 0.328 e. The van der Waals surface area contributed by atoms with Crippen LogP contribution in [0, 0.1) is 0 Å². The minimum absolute atomic E-state index is 0.110. The highest BCUT2D eigenvalue weighted by molar-refractivity contribution is 6.07. The van der Waals surface area contributed by atoms with Gasteiger partial charge in [-0.3, -0.25) is 19.6 Å². The average molecular weight is 495 g/mol. The molecule has 2 aromatic rings. The summed E-state index contributed by atoms with van der Waals surface area (Å²) in [4.78, 5) is 36.8. The third-order valence-electron chi connectivity index (χ3n) is 6.96. The van der Waals surface area contributed by atoms with E-state index in [4.69, 9.17) is 9.47 Å². The van der Waals surface area contributed by atoms with Crippen LogP contribution in [0.5, 0.6) is 11.5 Å². The number of urea groups is 1. The number of carbonyl (C=O) groups is 2. The number of carbonyl (C=O) groups excluding carboxylic acids is 2. The topological polar surface area (TPSA) is 95.4 Å². The van der Waals surface area contributed by atoms with Gasteiger partial charge < -0.3 is 19.5 Å². The van der Waals surface area contributed by atoms with Gasteiger partial charge in [-0.2, -0.15) is 0 Å². The lowest BCUT2D eigenvalue weighted by molar-refractivity contribution is -0.136. The SMILES string of the molecule is COCCCN1C(=O)N(Cc2ccccn2)C(=O)C12CCN(CC=Cc1ccc(O)c(OC)c1)CC2. The first kappa shape index (κ1) is 25.7. The lowest BCUT2D eigenvalue weighted by Crippen LogP contribution is -2.56. The van der Waals surface area contributed by atoms with E-state index in [9.17, 15) is 14.7 Å². The summed E-state index contributed by atoms with van der Waals surface area (Å²) >= 11 is 0. The van der Waals surface area contributed by atoms with Crippen molar-refractivity contribution < 1.29 is 24.2 Å². The third-order valence-corrected chi connectivity index (χ3v) is 6.96. The number of aromatic hydroxyl groups is 1. The molecule has 2 aliphatic rings. The largest absolute Gasteiger partial charge is 0.504 e. The summed E-state index contributed by atoms with van der Waals surface area (Å²) in [5.74, 6) is 0.422. The molecule has 36 heavy (non-hydrogen) atoms. The van der Waals surface area contributed by atoms with E-state index in [0.717, 1.165) is 12.1 Å². The first-order chi connectivity index (χ1) is 17.5. The Morgan fingerprint density at radius 2 is 1.94 bits per heavy atom. The van der Waals surface area contributed by atoms with E-state index < -0.39 is 5.54 Å². The van der Waals surface area contributed by atoms with Gasteiger partial charge in [-0.1, -0.05) is 24.3 Å². The highest BCUT2D eigenvalue weighted by Crippen LogP contribution is 2.38. The highest BCUT2D eigenvalue weighted by Gasteiger charge is 2.57. The Morgan fingerprint density at radius 3 is 2.64 bits per heavy atom. The molecule has 0 aliphatic carbocycles. The van der Waals surface area contributed by atoms with Gasteiger partial charge in [0, 0.05) is 46.1 Å². The number of likely N-dealkylation sites (tertiary alicyclic amines) is 1. The van der Waals surface area contributed by atoms with Crippen molar-refractivity contribution in [1.82, 2.24) is 19.7 Å². The molecule has 2 saturated heterocycles. The van der Waals surface area contributed by atoms with Gasteiger partial charge >= 0.3 is 6.03 Å². The molecule has 4 rings (SSSR count). The second-order valence-corrected chi connectivity index (χ2v) is 9.16. The molecular weight excluding hydrogens is 460 g/mol. The Labute approximate surface area is 211 Å². The van der Waals surface area contributed by atoms with Crippen LogP contribution in [0.25, 0.3) is 6.08 Å². The van der Waals surface area contributed by atoms with Gasteiger partial charge in [0.25, 0.3) is 5.91 Å². The second-order valence-electron chi connectivity index (χ2n) is 9.16. The summed E-state index contributed by atoms with van der Waals surface area (Å²) in [6.45, 7) is 3.35. The van der Waals surface area contributed by atoms with Crippen molar-refractivity contribution in [1.29, 1.82) is 0 Å². The van der Waals surface area contributed by atoms with E-state index in [1.54, 1.807) is 30.3 Å². The number of hydrogen-bond donors (Lipinski definition) is 1. The van der Waals surface area contributed by atoms with E-state index in [1.807, 2.05) is 30.3 Å². The lowest BCUT2D eigenvalue weighted by atomic mass is 9.85. The first-order valence-electron chi connectivity index (χ1n) is 12.3. The van der Waals surface area contributed by atoms with E-state index in [1.165, 1.54) is 12.0 Å². The van der Waals surface area contributed by atoms with Gasteiger partial charge in [0.2, 0.25) is 0 Å². The molecule has 2 aliphatic heterocycles. The number of piperidine rings is 1. The highest BCUT2D eigenvalue weighted by atomic mass is 16.5. The van der Waals surface area contributed by atoms with Gasteiger partial charge in [-0.05, 0) is 49.1 Å². The number of imide groups is 1. The zero-order chi connectivity index (χ0) is 25.5. The van der Waals surface area contributed by atoms with Crippen molar-refractivity contribution in [3.8, 4) is 11.5 Å². The molecule has 1 aromatic heterocycles. The van der Waals surface area contributed by atoms with Crippen molar-refractivity contribution in [3.05, 3.63) is 59.9 Å². The molecule has 0 atom stereocenters. The van der Waals surface area contributed by atoms with Crippen molar-refractivity contribution in [2.75, 3.05) is 47.0 Å². The molecule has 0 radical (unpaired) electrons. The van der Waals surface area contributed by atoms with Gasteiger partial charge in [-0.25, -0.2) is 4.79 Å². The van der Waals surface area contributed by atoms with Crippen LogP contribution < -0.4 is 4.74 Å². The molecule has 3 amide bonds. The Hall–Kier alpha value is -3.43. The zero-order valence-corrected chi connectivity index (χ0v) is 20.9. The summed E-state index contributed by atoms with van der Waals surface area (Å²) in [5, 5.41) is 9.77. The smallest absolute Gasteiger partial charge is 0.328 e. The minimum atomic E-state index is -0.815. The van der Waals surface area contributed by atoms with Crippen LogP contribution in [-0.2, 0) is 16.1 Å². The van der Waals surface area contributed by atoms with Crippen molar-refractivity contribution in [3.63, 3.8) is 0 Å². The molecule has 9 nitrogen and oxygen atoms in total. The van der Waals surface area contributed by atoms with Crippen molar-refractivity contribution in [2.24, 2.45) is 0 Å². The van der Waals surface area contributed by atoms with Crippen LogP contribution in [0.4, 0.5) is 4.79 Å². The number of rotatable bonds is 10. The number of aromatic nitrogens is 1. The molecule has 1 aromatic carbocycles. The van der Waals surface area contributed by atoms with Gasteiger partial charge in [0.1, 0.15) is 5.54 Å². The number of phenols is 1. The molecule has 1 spiro atoms. The van der Waals surface area contributed by atoms with Crippen LogP contribution in [0.3, 0.4) is 0 Å². The number of methoxy groups -OCH3 is 2. The molecule has 192 valence electrons. The lowest BCUT2D eigenvalue weighted by Gasteiger charge is -2.42. The van der Waals surface area contributed by atoms with E-state index in [-0.39, 0.29) is 24.2 Å². The molecule has 1 N–H and O–H groups in total. The van der Waals surface area contributed by atoms with Crippen LogP contribution in [0.15, 0.2) is 48.7 Å². The van der Waals surface area contributed by atoms with Gasteiger partial charge in [-0.15, -0.1) is 0 Å². The van der Waals surface area contributed by atoms with Gasteiger partial charge in [0.05, 0.1) is 19.3 Å². The van der Waals surface area contributed by atoms with E-state index in [0.29, 0.717) is 56.9 Å². The molecule has 0 bridgehead atoms. The normalized spacial score (nSPS) is 18.1. The standard InChI is InChI=1S/C27H34N4O5/c1-35-18-6-15-31-26(34)30(20-22-8-3-4-13-28-22)25(33)27(31)11-16-29(17-12-27)14-5-7-21-9-10-23(32)24(19-21)36-2/h3-5,7-10,13,19,32H,6,11-12,14-18,20H2,1-2H3. The van der Waals surface area contributed by atoms with Gasteiger partial charge in [0.15, 0.2) is 11.5 Å². The number of nitrogens with zero attached hydrogens (tertiary/aromatic N) is 4. The van der Waals surface area contributed by atoms with Crippen molar-refractivity contribution in [2.45, 2.75) is 31.3 Å². The number of amides is 3. The van der Waals surface area contributed by atoms with Crippen LogP contribution in [-0.4, -0.2) is 89.3 Å². The summed E-state index contributed by atoms with van der Waals surface area (Å²) in [6.07, 6.45) is 7.58. The number of hydrogen-bond acceptors (Lipinski definition) is 7. The Kier molecular flexibility index (Phi) is 8.22. The average Bonchev–Trinajstić information content (AvgIpc) is 3.08. The fourth-order valence-electron chi connectivity index (χ4n) is 4.98. The first-order valence-corrected chi connectivity index (χ1v) is 12.3. The molecule has 0 unspecified atom stereocenters. The Balaban J connectivity index is 1.43. The van der Waals surface area contributed by atoms with E-state index >= 15 is 0 Å².